The van der Waals surface area contributed by atoms with Crippen molar-refractivity contribution >= 4 is 54.4 Å². The molecule has 2 aromatic heterocycles. The first-order valence-electron chi connectivity index (χ1n) is 42.1. The number of benzene rings is 12. The minimum absolute atomic E-state index is 0. The van der Waals surface area contributed by atoms with Crippen LogP contribution in [0.4, 0.5) is 0 Å². The molecule has 3 radical (unpaired) electrons. The van der Waals surface area contributed by atoms with E-state index in [2.05, 4.69) is 301 Å². The van der Waals surface area contributed by atoms with Gasteiger partial charge in [-0.1, -0.05) is 321 Å². The second-order valence-corrected chi connectivity index (χ2v) is 24.5. The molecule has 0 amide bonds. The summed E-state index contributed by atoms with van der Waals surface area (Å²) < 4.78 is 5.08. The van der Waals surface area contributed by atoms with Gasteiger partial charge in [-0.15, -0.1) is 62.9 Å². The van der Waals surface area contributed by atoms with Crippen molar-refractivity contribution in [2.45, 2.75) is 263 Å². The zero-order valence-electron chi connectivity index (χ0n) is 79.5. The summed E-state index contributed by atoms with van der Waals surface area (Å²) in [6.45, 7) is 77.2. The van der Waals surface area contributed by atoms with Crippen LogP contribution in [0.5, 0.6) is 0 Å². The molecule has 0 bridgehead atoms. The summed E-state index contributed by atoms with van der Waals surface area (Å²) in [7, 11) is 0. The van der Waals surface area contributed by atoms with E-state index < -0.39 is 0 Å². The van der Waals surface area contributed by atoms with Crippen LogP contribution in [0.15, 0.2) is 235 Å². The van der Waals surface area contributed by atoms with Crippen molar-refractivity contribution in [3.63, 3.8) is 0 Å². The van der Waals surface area contributed by atoms with Crippen molar-refractivity contribution in [2.75, 3.05) is 0 Å². The molecule has 1 nitrogen and oxygen atoms in total. The van der Waals surface area contributed by atoms with Crippen LogP contribution in [0, 0.1) is 133 Å². The maximum absolute atomic E-state index is 5.08. The van der Waals surface area contributed by atoms with Gasteiger partial charge >= 0.3 is 0 Å². The average Bonchev–Trinajstić information content (AvgIpc) is 1.25. The van der Waals surface area contributed by atoms with Gasteiger partial charge in [0.15, 0.2) is 0 Å². The molecule has 0 aliphatic rings. The maximum atomic E-state index is 5.08. The molecule has 12 aromatic carbocycles. The van der Waals surface area contributed by atoms with Gasteiger partial charge < -0.3 is 4.42 Å². The van der Waals surface area contributed by atoms with Crippen LogP contribution in [0.3, 0.4) is 0 Å². The molecule has 14 aromatic rings. The number of hydrogen-bond donors (Lipinski definition) is 0. The van der Waals surface area contributed by atoms with Crippen molar-refractivity contribution in [3.8, 4) is 33.4 Å². The molecule has 14 rings (SSSR count). The average molecular weight is 1790 g/mol. The van der Waals surface area contributed by atoms with Crippen molar-refractivity contribution in [1.29, 1.82) is 0 Å². The number of rotatable bonds is 3. The monoisotopic (exact) mass is 1790 g/mol. The van der Waals surface area contributed by atoms with Gasteiger partial charge in [0.05, 0.1) is 0 Å². The quantitative estimate of drug-likeness (QED) is 0.127. The molecule has 0 unspecified atom stereocenters. The van der Waals surface area contributed by atoms with Gasteiger partial charge in [0, 0.05) is 108 Å². The molecule has 0 N–H and O–H groups in total. The number of fused-ring (bicyclic) bond motifs is 6. The predicted octanol–water partition coefficient (Wildman–Crippen LogP) is 36.5. The molecule has 115 heavy (non-hydrogen) atoms. The molecule has 5 heteroatoms. The summed E-state index contributed by atoms with van der Waals surface area (Å²) in [6, 6.07) is 99.9. The molecule has 0 atom stereocenters. The minimum Gasteiger partial charge on any atom is -0.467 e. The smallest absolute Gasteiger partial charge is 0.101 e. The van der Waals surface area contributed by atoms with Crippen LogP contribution < -0.4 is 0 Å². The van der Waals surface area contributed by atoms with E-state index in [1.165, 1.54) is 108 Å². The Morgan fingerprint density at radius 3 is 0.730 bits per heavy atom. The summed E-state index contributed by atoms with van der Waals surface area (Å²) in [5.74, 6) is 1.97. The summed E-state index contributed by atoms with van der Waals surface area (Å²) in [5.41, 5.74) is 19.5. The van der Waals surface area contributed by atoms with Crippen LogP contribution in [-0.4, -0.2) is 0 Å². The van der Waals surface area contributed by atoms with E-state index >= 15 is 0 Å². The summed E-state index contributed by atoms with van der Waals surface area (Å²) in [5, 5.41) is 10.8. The Balaban J connectivity index is -0.000000186. The molecule has 2 heterocycles. The largest absolute Gasteiger partial charge is 0.467 e. The number of aryl methyl sites for hydroxylation is 14. The normalized spacial score (nSPS) is 8.57. The molecule has 619 valence electrons. The summed E-state index contributed by atoms with van der Waals surface area (Å²) in [4.78, 5) is 2.80. The van der Waals surface area contributed by atoms with Crippen molar-refractivity contribution in [3.05, 3.63) is 344 Å². The Bertz CT molecular complexity index is 4310. The Morgan fingerprint density at radius 1 is 0.209 bits per heavy atom. The standard InChI is InChI=1S/2C16H14.3C14H12.C6H8O.C6H8S.12C2H6.3Y/c1-11-3-7-15-13(9-11)5-6-14-10-12(2)4-8-16(14)15;1-11-7-8-15-13(9-11)10-12(2)14-5-3-4-6-16(14)15;1-11-3-7-13(8-4-11)14-9-5-12(2)6-10-14;1-11-5-3-7-13(9-11)14-8-4-6-12(2)10-14;1-11-6-8-13(9-7-11)14-5-3-4-12(2)10-14;2*1-5-3-4-6(2)7-5;12*1-2;;;/h2*3-10H,1-2H3;3-7,9H,1-2H3;3-6,9-10H,1-2H3;3-4,6-8,10H,1-2H3;2*3-4H,1-2H3;12*1-2H3;;;/q;;3*-2;;;;;;;;;;;;;;;;;. The second-order valence-electron chi connectivity index (χ2n) is 23.0. The van der Waals surface area contributed by atoms with E-state index in [1.54, 1.807) is 0 Å². The zero-order chi connectivity index (χ0) is 86.7. The molecule has 0 saturated carbocycles. The maximum Gasteiger partial charge on any atom is 0.101 e. The van der Waals surface area contributed by atoms with Gasteiger partial charge in [-0.3, -0.25) is 0 Å². The summed E-state index contributed by atoms with van der Waals surface area (Å²) in [6.07, 6.45) is 0. The number of thiophene rings is 1. The van der Waals surface area contributed by atoms with E-state index in [4.69, 9.17) is 4.42 Å². The van der Waals surface area contributed by atoms with Crippen LogP contribution in [0.1, 0.15) is 243 Å². The molecular formula is C110H152OSY3-6. The third kappa shape index (κ3) is 50.5. The van der Waals surface area contributed by atoms with E-state index in [9.17, 15) is 0 Å². The van der Waals surface area contributed by atoms with Gasteiger partial charge in [0.25, 0.3) is 0 Å². The molecule has 0 fully saturated rings. The fourth-order valence-corrected chi connectivity index (χ4v) is 10.8. The third-order valence-electron chi connectivity index (χ3n) is 14.8. The molecule has 0 aliphatic heterocycles. The predicted molar refractivity (Wildman–Crippen MR) is 517 cm³/mol. The first-order chi connectivity index (χ1) is 54.3. The molecule has 0 spiro atoms. The molecular weight excluding hydrogens is 1640 g/mol. The van der Waals surface area contributed by atoms with E-state index in [0.717, 1.165) is 44.9 Å². The van der Waals surface area contributed by atoms with Crippen molar-refractivity contribution in [1.82, 2.24) is 0 Å². The van der Waals surface area contributed by atoms with Gasteiger partial charge in [-0.05, 0) is 128 Å². The zero-order valence-corrected chi connectivity index (χ0v) is 88.8. The Hall–Kier alpha value is -6.03. The van der Waals surface area contributed by atoms with E-state index in [1.807, 2.05) is 240 Å². The van der Waals surface area contributed by atoms with E-state index in [-0.39, 0.29) is 98.1 Å². The van der Waals surface area contributed by atoms with Crippen LogP contribution in [0.25, 0.3) is 76.5 Å². The Morgan fingerprint density at radius 2 is 0.470 bits per heavy atom. The van der Waals surface area contributed by atoms with Gasteiger partial charge in [-0.25, -0.2) is 33.4 Å². The Labute approximate surface area is 788 Å². The van der Waals surface area contributed by atoms with Crippen molar-refractivity contribution in [2.24, 2.45) is 0 Å². The summed E-state index contributed by atoms with van der Waals surface area (Å²) >= 11 is 1.84. The van der Waals surface area contributed by atoms with E-state index in [0.29, 0.717) is 0 Å². The fraction of sp³-hybridized carbons (Fsp3) is 0.345. The Kier molecular flexibility index (Phi) is 87.1. The van der Waals surface area contributed by atoms with Crippen LogP contribution >= 0.6 is 11.3 Å². The van der Waals surface area contributed by atoms with Crippen LogP contribution in [0.2, 0.25) is 0 Å². The number of hydrogen-bond acceptors (Lipinski definition) is 2. The number of furan rings is 1. The minimum atomic E-state index is 0. The topological polar surface area (TPSA) is 13.1 Å². The molecule has 0 aliphatic carbocycles. The first-order valence-corrected chi connectivity index (χ1v) is 42.9. The first kappa shape index (κ1) is 125. The fourth-order valence-electron chi connectivity index (χ4n) is 10.1. The van der Waals surface area contributed by atoms with Gasteiger partial charge in [-0.2, -0.15) is 127 Å². The van der Waals surface area contributed by atoms with Crippen molar-refractivity contribution < 1.29 is 103 Å². The van der Waals surface area contributed by atoms with Gasteiger partial charge in [0.2, 0.25) is 0 Å². The van der Waals surface area contributed by atoms with Gasteiger partial charge in [0.1, 0.15) is 11.5 Å². The SMILES string of the molecule is CC.CC.CC.CC.CC.CC.CC.CC.CC.CC.CC.CC.Cc1c[c-]c(-c2[c-]cc(C)cc2)cc1.Cc1c[c-]c(-c2[c-]ccc(C)c2)cc1.Cc1cc[c-]c(-c2[c-]ccc(C)c2)c1.Cc1ccc(C)o1.Cc1ccc(C)s1.Cc1ccc2c(c1)cc(C)c1ccccc12.Cc1ccc2c(ccc3cc(C)ccc32)c1.[Y].[Y].[Y]. The van der Waals surface area contributed by atoms with Crippen LogP contribution in [-0.2, 0) is 98.1 Å². The second kappa shape index (κ2) is 80.4. The molecule has 0 saturated heterocycles. The third-order valence-corrected chi connectivity index (χ3v) is 15.7.